The number of nitrogens with zero attached hydrogens (tertiary/aromatic N) is 2. The second kappa shape index (κ2) is 10.9. The van der Waals surface area contributed by atoms with Gasteiger partial charge in [0.15, 0.2) is 0 Å². The number of likely N-dealkylation sites (tertiary alicyclic amines) is 1. The van der Waals surface area contributed by atoms with Crippen LogP contribution in [0.15, 0.2) is 73.1 Å². The Morgan fingerprint density at radius 1 is 0.806 bits per heavy atom. The number of benzene rings is 2. The molecule has 1 aliphatic rings. The summed E-state index contributed by atoms with van der Waals surface area (Å²) in [4.78, 5) is 6.38. The summed E-state index contributed by atoms with van der Waals surface area (Å²) in [6.45, 7) is 4.43. The van der Waals surface area contributed by atoms with Crippen LogP contribution in [0.4, 0.5) is 0 Å². The van der Waals surface area contributed by atoms with Gasteiger partial charge in [-0.05, 0) is 73.0 Å². The van der Waals surface area contributed by atoms with Crippen LogP contribution in [0.3, 0.4) is 0 Å². The Morgan fingerprint density at radius 2 is 1.39 bits per heavy atom. The summed E-state index contributed by atoms with van der Waals surface area (Å²) in [6, 6.07) is 20.6. The standard InChI is InChI=1S/C26H31N3O2/c1-29-16-12-26(13-17-29)31-25-8-4-22(5-9-25)19-28-18-21-2-6-24(7-3-21)30-20-23-10-14-27-15-11-23/h2-11,14-15,26,28H,12-13,16-20H2,1H3. The minimum absolute atomic E-state index is 0.344. The Hall–Kier alpha value is -2.89. The number of rotatable bonds is 9. The van der Waals surface area contributed by atoms with Gasteiger partial charge in [-0.2, -0.15) is 0 Å². The molecular weight excluding hydrogens is 386 g/mol. The average Bonchev–Trinajstić information content (AvgIpc) is 2.82. The molecule has 0 spiro atoms. The number of aromatic nitrogens is 1. The van der Waals surface area contributed by atoms with Gasteiger partial charge in [0.25, 0.3) is 0 Å². The molecule has 5 nitrogen and oxygen atoms in total. The third-order valence-corrected chi connectivity index (χ3v) is 5.63. The van der Waals surface area contributed by atoms with Crippen molar-refractivity contribution in [2.24, 2.45) is 0 Å². The van der Waals surface area contributed by atoms with Gasteiger partial charge in [-0.15, -0.1) is 0 Å². The van der Waals surface area contributed by atoms with Gasteiger partial charge in [0.2, 0.25) is 0 Å². The first-order chi connectivity index (χ1) is 15.2. The van der Waals surface area contributed by atoms with Crippen molar-refractivity contribution >= 4 is 0 Å². The molecule has 2 aromatic carbocycles. The summed E-state index contributed by atoms with van der Waals surface area (Å²) in [6.07, 6.45) is 6.12. The van der Waals surface area contributed by atoms with Crippen LogP contribution in [-0.2, 0) is 19.7 Å². The van der Waals surface area contributed by atoms with E-state index >= 15 is 0 Å². The van der Waals surface area contributed by atoms with Crippen LogP contribution in [-0.4, -0.2) is 36.1 Å². The van der Waals surface area contributed by atoms with Crippen molar-refractivity contribution in [3.63, 3.8) is 0 Å². The van der Waals surface area contributed by atoms with Crippen molar-refractivity contribution in [2.45, 2.75) is 38.6 Å². The number of hydrogen-bond donors (Lipinski definition) is 1. The Bertz CT molecular complexity index is 906. The molecule has 0 bridgehead atoms. The fourth-order valence-corrected chi connectivity index (χ4v) is 3.68. The van der Waals surface area contributed by atoms with Crippen LogP contribution in [0.5, 0.6) is 11.5 Å². The van der Waals surface area contributed by atoms with Crippen LogP contribution < -0.4 is 14.8 Å². The molecule has 0 aliphatic carbocycles. The first kappa shape index (κ1) is 21.3. The number of ether oxygens (including phenoxy) is 2. The molecule has 3 aromatic rings. The first-order valence-corrected chi connectivity index (χ1v) is 11.0. The molecule has 4 rings (SSSR count). The fourth-order valence-electron chi connectivity index (χ4n) is 3.68. The van der Waals surface area contributed by atoms with E-state index < -0.39 is 0 Å². The van der Waals surface area contributed by atoms with E-state index in [9.17, 15) is 0 Å². The molecule has 0 saturated carbocycles. The van der Waals surface area contributed by atoms with Gasteiger partial charge in [-0.3, -0.25) is 4.98 Å². The lowest BCUT2D eigenvalue weighted by Gasteiger charge is -2.29. The van der Waals surface area contributed by atoms with Crippen LogP contribution in [0.1, 0.15) is 29.5 Å². The zero-order valence-corrected chi connectivity index (χ0v) is 18.2. The Morgan fingerprint density at radius 3 is 2.00 bits per heavy atom. The molecule has 1 saturated heterocycles. The van der Waals surface area contributed by atoms with E-state index in [0.29, 0.717) is 12.7 Å². The maximum atomic E-state index is 6.13. The van der Waals surface area contributed by atoms with Crippen molar-refractivity contribution in [2.75, 3.05) is 20.1 Å². The molecule has 5 heteroatoms. The maximum absolute atomic E-state index is 6.13. The Balaban J connectivity index is 1.17. The summed E-state index contributed by atoms with van der Waals surface area (Å²) in [5.41, 5.74) is 3.61. The molecule has 1 aliphatic heterocycles. The molecule has 31 heavy (non-hydrogen) atoms. The quantitative estimate of drug-likeness (QED) is 0.558. The molecule has 1 N–H and O–H groups in total. The highest BCUT2D eigenvalue weighted by Gasteiger charge is 2.17. The lowest BCUT2D eigenvalue weighted by atomic mass is 10.1. The van der Waals surface area contributed by atoms with Crippen molar-refractivity contribution in [1.29, 1.82) is 0 Å². The molecule has 0 atom stereocenters. The lowest BCUT2D eigenvalue weighted by Crippen LogP contribution is -2.35. The molecule has 1 aromatic heterocycles. The zero-order chi connectivity index (χ0) is 21.3. The Kier molecular flexibility index (Phi) is 7.53. The number of pyridine rings is 1. The van der Waals surface area contributed by atoms with Gasteiger partial charge in [0, 0.05) is 38.6 Å². The maximum Gasteiger partial charge on any atom is 0.119 e. The minimum Gasteiger partial charge on any atom is -0.490 e. The molecule has 0 amide bonds. The normalized spacial score (nSPS) is 15.0. The predicted molar refractivity (Wildman–Crippen MR) is 123 cm³/mol. The largest absolute Gasteiger partial charge is 0.490 e. The highest BCUT2D eigenvalue weighted by Crippen LogP contribution is 2.19. The topological polar surface area (TPSA) is 46.6 Å². The van der Waals surface area contributed by atoms with Gasteiger partial charge in [0.1, 0.15) is 24.2 Å². The average molecular weight is 418 g/mol. The van der Waals surface area contributed by atoms with Crippen molar-refractivity contribution < 1.29 is 9.47 Å². The highest BCUT2D eigenvalue weighted by molar-refractivity contribution is 5.29. The van der Waals surface area contributed by atoms with Gasteiger partial charge in [-0.1, -0.05) is 24.3 Å². The van der Waals surface area contributed by atoms with Crippen LogP contribution in [0.2, 0.25) is 0 Å². The summed E-state index contributed by atoms with van der Waals surface area (Å²) in [5.74, 6) is 1.85. The second-order valence-electron chi connectivity index (χ2n) is 8.16. The monoisotopic (exact) mass is 417 g/mol. The summed E-state index contributed by atoms with van der Waals surface area (Å²) < 4.78 is 12.0. The zero-order valence-electron chi connectivity index (χ0n) is 18.2. The van der Waals surface area contributed by atoms with E-state index in [1.165, 1.54) is 11.1 Å². The van der Waals surface area contributed by atoms with E-state index in [-0.39, 0.29) is 0 Å². The van der Waals surface area contributed by atoms with Gasteiger partial charge >= 0.3 is 0 Å². The molecule has 0 unspecified atom stereocenters. The Labute approximate surface area is 185 Å². The molecule has 1 fully saturated rings. The van der Waals surface area contributed by atoms with Crippen molar-refractivity contribution in [1.82, 2.24) is 15.2 Å². The predicted octanol–water partition coefficient (Wildman–Crippen LogP) is 4.42. The van der Waals surface area contributed by atoms with Crippen LogP contribution >= 0.6 is 0 Å². The SMILES string of the molecule is CN1CCC(Oc2ccc(CNCc3ccc(OCc4ccncc4)cc3)cc2)CC1. The summed E-state index contributed by atoms with van der Waals surface area (Å²) in [7, 11) is 2.17. The van der Waals surface area contributed by atoms with E-state index in [1.807, 2.05) is 24.3 Å². The second-order valence-corrected chi connectivity index (χ2v) is 8.16. The molecular formula is C26H31N3O2. The highest BCUT2D eigenvalue weighted by atomic mass is 16.5. The van der Waals surface area contributed by atoms with E-state index in [0.717, 1.165) is 56.1 Å². The van der Waals surface area contributed by atoms with Gasteiger partial charge in [0.05, 0.1) is 0 Å². The van der Waals surface area contributed by atoms with E-state index in [2.05, 4.69) is 58.6 Å². The van der Waals surface area contributed by atoms with E-state index in [1.54, 1.807) is 12.4 Å². The third kappa shape index (κ3) is 6.81. The van der Waals surface area contributed by atoms with Crippen LogP contribution in [0.25, 0.3) is 0 Å². The van der Waals surface area contributed by atoms with E-state index in [4.69, 9.17) is 9.47 Å². The molecule has 2 heterocycles. The minimum atomic E-state index is 0.344. The molecule has 162 valence electrons. The smallest absolute Gasteiger partial charge is 0.119 e. The summed E-state index contributed by atoms with van der Waals surface area (Å²) in [5, 5.41) is 3.51. The van der Waals surface area contributed by atoms with Crippen LogP contribution in [0, 0.1) is 0 Å². The number of nitrogens with one attached hydrogen (secondary N) is 1. The first-order valence-electron chi connectivity index (χ1n) is 11.0. The number of piperidine rings is 1. The lowest BCUT2D eigenvalue weighted by molar-refractivity contribution is 0.114. The van der Waals surface area contributed by atoms with Crippen molar-refractivity contribution in [3.8, 4) is 11.5 Å². The fraction of sp³-hybridized carbons (Fsp3) is 0.346. The van der Waals surface area contributed by atoms with Gasteiger partial charge in [-0.25, -0.2) is 0 Å². The summed E-state index contributed by atoms with van der Waals surface area (Å²) >= 11 is 0. The van der Waals surface area contributed by atoms with Crippen molar-refractivity contribution in [3.05, 3.63) is 89.7 Å². The third-order valence-electron chi connectivity index (χ3n) is 5.63. The molecule has 0 radical (unpaired) electrons. The number of hydrogen-bond acceptors (Lipinski definition) is 5. The van der Waals surface area contributed by atoms with Gasteiger partial charge < -0.3 is 19.7 Å².